The maximum atomic E-state index is 11.9. The second kappa shape index (κ2) is 6.57. The van der Waals surface area contributed by atoms with Crippen molar-refractivity contribution < 1.29 is 8.42 Å². The minimum Gasteiger partial charge on any atom is -0.211 e. The van der Waals surface area contributed by atoms with Crippen LogP contribution in [0.15, 0.2) is 18.2 Å². The fourth-order valence-corrected chi connectivity index (χ4v) is 3.71. The number of hydrogen-bond acceptors (Lipinski definition) is 2. The Bertz CT molecular complexity index is 520. The highest BCUT2D eigenvalue weighted by Gasteiger charge is 2.23. The Kier molecular flexibility index (Phi) is 5.93. The zero-order valence-electron chi connectivity index (χ0n) is 10.0. The van der Waals surface area contributed by atoms with Gasteiger partial charge in [0.15, 0.2) is 0 Å². The molecule has 0 saturated carbocycles. The van der Waals surface area contributed by atoms with E-state index in [-0.39, 0.29) is 17.2 Å². The molecule has 18 heavy (non-hydrogen) atoms. The van der Waals surface area contributed by atoms with Gasteiger partial charge in [0.1, 0.15) is 4.66 Å². The largest absolute Gasteiger partial charge is 0.224 e. The van der Waals surface area contributed by atoms with Gasteiger partial charge in [-0.2, -0.15) is 4.31 Å². The maximum Gasteiger partial charge on any atom is 0.224 e. The summed E-state index contributed by atoms with van der Waals surface area (Å²) in [6.07, 6.45) is 0. The molecule has 1 aromatic carbocycles. The van der Waals surface area contributed by atoms with E-state index in [1.54, 1.807) is 18.2 Å². The Balaban J connectivity index is 3.01. The SMILES string of the molecule is CC(C)N(Cc1ccc(Cl)c(Cl)c1)S(=O)(=O)CBr. The molecule has 0 atom stereocenters. The zero-order chi connectivity index (χ0) is 13.9. The van der Waals surface area contributed by atoms with Crippen LogP contribution in [0.4, 0.5) is 0 Å². The molecule has 3 nitrogen and oxygen atoms in total. The molecule has 0 radical (unpaired) electrons. The van der Waals surface area contributed by atoms with E-state index in [9.17, 15) is 8.42 Å². The first-order chi connectivity index (χ1) is 8.27. The Morgan fingerprint density at radius 1 is 1.28 bits per heavy atom. The van der Waals surface area contributed by atoms with Crippen molar-refractivity contribution in [2.45, 2.75) is 26.4 Å². The Morgan fingerprint density at radius 2 is 1.89 bits per heavy atom. The van der Waals surface area contributed by atoms with Crippen LogP contribution in [-0.4, -0.2) is 23.4 Å². The lowest BCUT2D eigenvalue weighted by Gasteiger charge is -2.25. The fraction of sp³-hybridized carbons (Fsp3) is 0.455. The molecular formula is C11H14BrCl2NO2S. The van der Waals surface area contributed by atoms with E-state index in [1.165, 1.54) is 4.31 Å². The summed E-state index contributed by atoms with van der Waals surface area (Å²) in [6.45, 7) is 3.94. The van der Waals surface area contributed by atoms with Crippen molar-refractivity contribution in [2.24, 2.45) is 0 Å². The third-order valence-electron chi connectivity index (χ3n) is 2.39. The minimum atomic E-state index is -3.31. The second-order valence-corrected chi connectivity index (χ2v) is 8.15. The van der Waals surface area contributed by atoms with E-state index in [0.29, 0.717) is 10.0 Å². The molecule has 7 heteroatoms. The summed E-state index contributed by atoms with van der Waals surface area (Å²) in [7, 11) is -3.31. The third kappa shape index (κ3) is 4.10. The quantitative estimate of drug-likeness (QED) is 0.733. The molecule has 0 amide bonds. The van der Waals surface area contributed by atoms with Gasteiger partial charge in [0, 0.05) is 12.6 Å². The highest BCUT2D eigenvalue weighted by Crippen LogP contribution is 2.24. The number of sulfonamides is 1. The standard InChI is InChI=1S/C11H14BrCl2NO2S/c1-8(2)15(18(16,17)7-12)6-9-3-4-10(13)11(14)5-9/h3-5,8H,6-7H2,1-2H3. The van der Waals surface area contributed by atoms with Crippen molar-refractivity contribution in [1.29, 1.82) is 0 Å². The highest BCUT2D eigenvalue weighted by molar-refractivity contribution is 9.10. The van der Waals surface area contributed by atoms with Crippen molar-refractivity contribution in [3.8, 4) is 0 Å². The maximum absolute atomic E-state index is 11.9. The normalized spacial score (nSPS) is 12.4. The molecule has 1 aromatic rings. The van der Waals surface area contributed by atoms with Gasteiger partial charge in [-0.3, -0.25) is 0 Å². The van der Waals surface area contributed by atoms with E-state index in [4.69, 9.17) is 23.2 Å². The summed E-state index contributed by atoms with van der Waals surface area (Å²) < 4.78 is 25.2. The summed E-state index contributed by atoms with van der Waals surface area (Å²) in [5.41, 5.74) is 0.808. The molecule has 0 heterocycles. The second-order valence-electron chi connectivity index (χ2n) is 4.11. The summed E-state index contributed by atoms with van der Waals surface area (Å²) in [6, 6.07) is 5.00. The van der Waals surface area contributed by atoms with Crippen LogP contribution >= 0.6 is 39.1 Å². The smallest absolute Gasteiger partial charge is 0.211 e. The van der Waals surface area contributed by atoms with Gasteiger partial charge in [0.25, 0.3) is 0 Å². The van der Waals surface area contributed by atoms with Crippen molar-refractivity contribution >= 4 is 49.2 Å². The van der Waals surface area contributed by atoms with Crippen LogP contribution in [0, 0.1) is 0 Å². The van der Waals surface area contributed by atoms with Crippen LogP contribution in [0.2, 0.25) is 10.0 Å². The Labute approximate surface area is 126 Å². The van der Waals surface area contributed by atoms with Gasteiger partial charge in [0.05, 0.1) is 10.0 Å². The van der Waals surface area contributed by atoms with Crippen LogP contribution < -0.4 is 0 Å². The van der Waals surface area contributed by atoms with Gasteiger partial charge in [-0.15, -0.1) is 0 Å². The molecule has 0 aliphatic rings. The zero-order valence-corrected chi connectivity index (χ0v) is 13.9. The number of alkyl halides is 1. The topological polar surface area (TPSA) is 37.4 Å². The molecule has 0 aliphatic heterocycles. The molecule has 0 saturated heterocycles. The predicted octanol–water partition coefficient (Wildman–Crippen LogP) is 3.89. The van der Waals surface area contributed by atoms with Crippen LogP contribution in [0.1, 0.15) is 19.4 Å². The molecular weight excluding hydrogens is 361 g/mol. The lowest BCUT2D eigenvalue weighted by atomic mass is 10.2. The molecule has 102 valence electrons. The summed E-state index contributed by atoms with van der Waals surface area (Å²) >= 11 is 14.7. The molecule has 0 aliphatic carbocycles. The highest BCUT2D eigenvalue weighted by atomic mass is 79.9. The molecule has 0 fully saturated rings. The van der Waals surface area contributed by atoms with E-state index in [0.717, 1.165) is 5.56 Å². The van der Waals surface area contributed by atoms with Gasteiger partial charge in [-0.05, 0) is 31.5 Å². The van der Waals surface area contributed by atoms with Gasteiger partial charge < -0.3 is 0 Å². The number of halogens is 3. The lowest BCUT2D eigenvalue weighted by molar-refractivity contribution is 0.350. The van der Waals surface area contributed by atoms with Crippen LogP contribution in [-0.2, 0) is 16.6 Å². The minimum absolute atomic E-state index is 0.0977. The number of rotatable bonds is 5. The van der Waals surface area contributed by atoms with E-state index in [1.807, 2.05) is 13.8 Å². The van der Waals surface area contributed by atoms with Crippen LogP contribution in [0.5, 0.6) is 0 Å². The fourth-order valence-electron chi connectivity index (χ4n) is 1.48. The molecule has 0 bridgehead atoms. The molecule has 0 unspecified atom stereocenters. The first-order valence-corrected chi connectivity index (χ1v) is 8.76. The van der Waals surface area contributed by atoms with E-state index in [2.05, 4.69) is 15.9 Å². The van der Waals surface area contributed by atoms with Crippen molar-refractivity contribution in [3.63, 3.8) is 0 Å². The molecule has 0 aromatic heterocycles. The van der Waals surface area contributed by atoms with Crippen LogP contribution in [0.3, 0.4) is 0 Å². The van der Waals surface area contributed by atoms with Crippen molar-refractivity contribution in [1.82, 2.24) is 4.31 Å². The van der Waals surface area contributed by atoms with E-state index < -0.39 is 10.0 Å². The van der Waals surface area contributed by atoms with Gasteiger partial charge in [0.2, 0.25) is 10.0 Å². The first-order valence-electron chi connectivity index (χ1n) is 5.27. The van der Waals surface area contributed by atoms with Crippen LogP contribution in [0.25, 0.3) is 0 Å². The predicted molar refractivity (Wildman–Crippen MR) is 79.9 cm³/mol. The molecule has 0 N–H and O–H groups in total. The van der Waals surface area contributed by atoms with E-state index >= 15 is 0 Å². The van der Waals surface area contributed by atoms with Gasteiger partial charge in [-0.25, -0.2) is 8.42 Å². The number of hydrogen-bond donors (Lipinski definition) is 0. The number of benzene rings is 1. The Hall–Kier alpha value is 0.190. The summed E-state index contributed by atoms with van der Waals surface area (Å²) in [5.74, 6) is 0. The summed E-state index contributed by atoms with van der Waals surface area (Å²) in [4.78, 5) is 0. The average Bonchev–Trinajstić information content (AvgIpc) is 2.29. The summed E-state index contributed by atoms with van der Waals surface area (Å²) in [5, 5.41) is 0.883. The Morgan fingerprint density at radius 3 is 2.33 bits per heavy atom. The third-order valence-corrected chi connectivity index (χ3v) is 6.41. The lowest BCUT2D eigenvalue weighted by Crippen LogP contribution is -2.36. The first kappa shape index (κ1) is 16.2. The molecule has 1 rings (SSSR count). The average molecular weight is 375 g/mol. The monoisotopic (exact) mass is 373 g/mol. The van der Waals surface area contributed by atoms with Gasteiger partial charge in [-0.1, -0.05) is 45.2 Å². The van der Waals surface area contributed by atoms with Crippen molar-refractivity contribution in [3.05, 3.63) is 33.8 Å². The molecule has 0 spiro atoms. The van der Waals surface area contributed by atoms with Gasteiger partial charge >= 0.3 is 0 Å². The van der Waals surface area contributed by atoms with Crippen molar-refractivity contribution in [2.75, 3.05) is 4.66 Å². The number of nitrogens with zero attached hydrogens (tertiary/aromatic N) is 1.